The lowest BCUT2D eigenvalue weighted by molar-refractivity contribution is 0.0177. The minimum Gasteiger partial charge on any atom is -0.396 e. The molecular weight excluding hydrogens is 188 g/mol. The topological polar surface area (TPSA) is 35.5 Å². The van der Waals surface area contributed by atoms with Gasteiger partial charge in [-0.25, -0.2) is 0 Å². The van der Waals surface area contributed by atoms with Gasteiger partial charge in [0.1, 0.15) is 0 Å². The summed E-state index contributed by atoms with van der Waals surface area (Å²) in [5.74, 6) is 2.38. The van der Waals surface area contributed by atoms with Crippen LogP contribution in [0.1, 0.15) is 19.3 Å². The highest BCUT2D eigenvalue weighted by molar-refractivity contribution is 4.97. The number of hydrogen-bond donors (Lipinski definition) is 2. The van der Waals surface area contributed by atoms with Crippen LogP contribution >= 0.6 is 0 Å². The van der Waals surface area contributed by atoms with Crippen LogP contribution in [0.4, 0.5) is 0 Å². The van der Waals surface area contributed by atoms with Crippen molar-refractivity contribution >= 4 is 0 Å². The maximum absolute atomic E-state index is 9.13. The van der Waals surface area contributed by atoms with Gasteiger partial charge in [0.15, 0.2) is 0 Å². The lowest BCUT2D eigenvalue weighted by Gasteiger charge is -2.48. The number of hydrogen-bond acceptors (Lipinski definition) is 3. The second-order valence-electron chi connectivity index (χ2n) is 5.54. The van der Waals surface area contributed by atoms with Crippen molar-refractivity contribution in [2.45, 2.75) is 25.3 Å². The van der Waals surface area contributed by atoms with Gasteiger partial charge in [0.05, 0.1) is 0 Å². The van der Waals surface area contributed by atoms with Crippen LogP contribution < -0.4 is 5.32 Å². The molecule has 2 bridgehead atoms. The third-order valence-corrected chi connectivity index (χ3v) is 4.49. The Morgan fingerprint density at radius 1 is 1.13 bits per heavy atom. The smallest absolute Gasteiger partial charge is 0.0433 e. The molecule has 2 N–H and O–H groups in total. The molecule has 3 nitrogen and oxygen atoms in total. The number of aliphatic hydroxyl groups excluding tert-OH is 1. The van der Waals surface area contributed by atoms with Crippen molar-refractivity contribution in [3.63, 3.8) is 0 Å². The van der Waals surface area contributed by atoms with E-state index in [1.54, 1.807) is 0 Å². The summed E-state index contributed by atoms with van der Waals surface area (Å²) in [6, 6.07) is 0.920. The summed E-state index contributed by atoms with van der Waals surface area (Å²) >= 11 is 0. The largest absolute Gasteiger partial charge is 0.396 e. The van der Waals surface area contributed by atoms with E-state index in [2.05, 4.69) is 10.2 Å². The number of fused-ring (bicyclic) bond motifs is 2. The van der Waals surface area contributed by atoms with Gasteiger partial charge >= 0.3 is 0 Å². The quantitative estimate of drug-likeness (QED) is 0.703. The molecule has 0 radical (unpaired) electrons. The number of aliphatic hydroxyl groups is 1. The Hall–Kier alpha value is -0.120. The van der Waals surface area contributed by atoms with Gasteiger partial charge in [-0.1, -0.05) is 0 Å². The molecule has 0 amide bonds. The first-order valence-corrected chi connectivity index (χ1v) is 6.44. The van der Waals surface area contributed by atoms with Crippen molar-refractivity contribution in [3.8, 4) is 0 Å². The van der Waals surface area contributed by atoms with E-state index in [1.807, 2.05) is 0 Å². The van der Waals surface area contributed by atoms with Crippen LogP contribution in [0.5, 0.6) is 0 Å². The van der Waals surface area contributed by atoms with Crippen molar-refractivity contribution in [2.24, 2.45) is 17.8 Å². The maximum Gasteiger partial charge on any atom is 0.0433 e. The molecule has 3 aliphatic rings. The van der Waals surface area contributed by atoms with Crippen LogP contribution in [0.25, 0.3) is 0 Å². The average Bonchev–Trinajstić information content (AvgIpc) is 3.01. The van der Waals surface area contributed by atoms with Crippen LogP contribution in [0.3, 0.4) is 0 Å². The zero-order valence-corrected chi connectivity index (χ0v) is 9.36. The van der Waals surface area contributed by atoms with E-state index in [4.69, 9.17) is 5.11 Å². The number of nitrogens with zero attached hydrogens (tertiary/aromatic N) is 1. The van der Waals surface area contributed by atoms with Gasteiger partial charge in [0.25, 0.3) is 0 Å². The standard InChI is InChI=1S/C12H22N2O/c15-4-3-12-9-5-13-6-10(12)8-14(7-9)11-1-2-11/h9-13,15H,1-8H2. The van der Waals surface area contributed by atoms with E-state index >= 15 is 0 Å². The van der Waals surface area contributed by atoms with Gasteiger partial charge < -0.3 is 10.4 Å². The second kappa shape index (κ2) is 4.04. The Balaban J connectivity index is 1.68. The summed E-state index contributed by atoms with van der Waals surface area (Å²) < 4.78 is 0. The number of piperidine rings is 2. The molecular formula is C12H22N2O. The summed E-state index contributed by atoms with van der Waals surface area (Å²) in [5.41, 5.74) is 0. The minimum absolute atomic E-state index is 0.376. The lowest BCUT2D eigenvalue weighted by atomic mass is 9.73. The van der Waals surface area contributed by atoms with Gasteiger partial charge in [-0.15, -0.1) is 0 Å². The SMILES string of the molecule is OCCC1C2CNCC1CN(C1CC1)C2. The molecule has 1 aliphatic carbocycles. The summed E-state index contributed by atoms with van der Waals surface area (Å²) in [6.07, 6.45) is 3.88. The van der Waals surface area contributed by atoms with Crippen molar-refractivity contribution in [1.29, 1.82) is 0 Å². The molecule has 2 aliphatic heterocycles. The molecule has 0 aromatic rings. The fourth-order valence-electron chi connectivity index (χ4n) is 3.58. The first kappa shape index (κ1) is 10.1. The monoisotopic (exact) mass is 210 g/mol. The predicted octanol–water partition coefficient (Wildman–Crippen LogP) is 0.299. The van der Waals surface area contributed by atoms with Gasteiger partial charge in [-0.05, 0) is 50.1 Å². The number of rotatable bonds is 3. The molecule has 15 heavy (non-hydrogen) atoms. The second-order valence-corrected chi connectivity index (χ2v) is 5.54. The van der Waals surface area contributed by atoms with Gasteiger partial charge in [-0.3, -0.25) is 4.90 Å². The molecule has 1 saturated carbocycles. The summed E-state index contributed by atoms with van der Waals surface area (Å²) in [5, 5.41) is 12.7. The predicted molar refractivity (Wildman–Crippen MR) is 59.6 cm³/mol. The average molecular weight is 210 g/mol. The number of likely N-dealkylation sites (tertiary alicyclic amines) is 1. The Bertz CT molecular complexity index is 216. The molecule has 0 aromatic carbocycles. The van der Waals surface area contributed by atoms with Crippen molar-refractivity contribution in [1.82, 2.24) is 10.2 Å². The zero-order valence-electron chi connectivity index (χ0n) is 9.36. The van der Waals surface area contributed by atoms with Crippen LogP contribution in [-0.4, -0.2) is 48.8 Å². The molecule has 2 saturated heterocycles. The fourth-order valence-corrected chi connectivity index (χ4v) is 3.58. The van der Waals surface area contributed by atoms with E-state index in [-0.39, 0.29) is 0 Å². The Kier molecular flexibility index (Phi) is 2.71. The van der Waals surface area contributed by atoms with Crippen molar-refractivity contribution in [2.75, 3.05) is 32.8 Å². The lowest BCUT2D eigenvalue weighted by Crippen LogP contribution is -2.57. The van der Waals surface area contributed by atoms with Crippen LogP contribution in [0.2, 0.25) is 0 Å². The van der Waals surface area contributed by atoms with Crippen LogP contribution in [-0.2, 0) is 0 Å². The molecule has 3 rings (SSSR count). The first-order valence-electron chi connectivity index (χ1n) is 6.44. The molecule has 2 atom stereocenters. The highest BCUT2D eigenvalue weighted by Gasteiger charge is 2.42. The van der Waals surface area contributed by atoms with E-state index < -0.39 is 0 Å². The molecule has 2 unspecified atom stereocenters. The summed E-state index contributed by atoms with van der Waals surface area (Å²) in [4.78, 5) is 2.71. The number of nitrogens with one attached hydrogen (secondary N) is 1. The molecule has 0 aromatic heterocycles. The summed E-state index contributed by atoms with van der Waals surface area (Å²) in [7, 11) is 0. The molecule has 86 valence electrons. The molecule has 2 heterocycles. The molecule has 3 heteroatoms. The molecule has 3 fully saturated rings. The Morgan fingerprint density at radius 3 is 2.33 bits per heavy atom. The van der Waals surface area contributed by atoms with E-state index in [0.717, 1.165) is 30.2 Å². The fraction of sp³-hybridized carbons (Fsp3) is 1.00. The minimum atomic E-state index is 0.376. The first-order chi connectivity index (χ1) is 7.38. The maximum atomic E-state index is 9.13. The van der Waals surface area contributed by atoms with Crippen molar-refractivity contribution in [3.05, 3.63) is 0 Å². The Labute approximate surface area is 91.8 Å². The van der Waals surface area contributed by atoms with Gasteiger partial charge in [-0.2, -0.15) is 0 Å². The highest BCUT2D eigenvalue weighted by Crippen LogP contribution is 2.38. The van der Waals surface area contributed by atoms with Crippen molar-refractivity contribution < 1.29 is 5.11 Å². The molecule has 0 spiro atoms. The summed E-state index contributed by atoms with van der Waals surface area (Å²) in [6.45, 7) is 5.27. The van der Waals surface area contributed by atoms with E-state index in [1.165, 1.54) is 39.0 Å². The van der Waals surface area contributed by atoms with Crippen LogP contribution in [0, 0.1) is 17.8 Å². The van der Waals surface area contributed by atoms with E-state index in [0.29, 0.717) is 6.61 Å². The third kappa shape index (κ3) is 1.93. The third-order valence-electron chi connectivity index (χ3n) is 4.49. The van der Waals surface area contributed by atoms with Gasteiger partial charge in [0.2, 0.25) is 0 Å². The van der Waals surface area contributed by atoms with Gasteiger partial charge in [0, 0.05) is 25.7 Å². The van der Waals surface area contributed by atoms with E-state index in [9.17, 15) is 0 Å². The highest BCUT2D eigenvalue weighted by atomic mass is 16.3. The van der Waals surface area contributed by atoms with Crippen LogP contribution in [0.15, 0.2) is 0 Å². The normalized spacial score (nSPS) is 41.8. The zero-order chi connectivity index (χ0) is 10.3. The Morgan fingerprint density at radius 2 is 1.80 bits per heavy atom.